The molecule has 0 radical (unpaired) electrons. The first-order chi connectivity index (χ1) is 7.93. The van der Waals surface area contributed by atoms with Gasteiger partial charge in [0.25, 0.3) is 0 Å². The van der Waals surface area contributed by atoms with Crippen LogP contribution < -0.4 is 15.3 Å². The first-order valence-electron chi connectivity index (χ1n) is 5.37. The van der Waals surface area contributed by atoms with E-state index in [1.807, 2.05) is 12.1 Å². The summed E-state index contributed by atoms with van der Waals surface area (Å²) < 4.78 is 5.51. The Morgan fingerprint density at radius 2 is 1.94 bits per heavy atom. The van der Waals surface area contributed by atoms with Crippen LogP contribution in [0.25, 0.3) is 17.2 Å². The smallest absolute Gasteiger partial charge is 0.129 e. The number of hydrogen-bond donors (Lipinski definition) is 0. The Morgan fingerprint density at radius 3 is 2.94 bits per heavy atom. The average Bonchev–Trinajstić information content (AvgIpc) is 2.92. The van der Waals surface area contributed by atoms with Crippen molar-refractivity contribution in [3.63, 3.8) is 0 Å². The van der Waals surface area contributed by atoms with Gasteiger partial charge in [-0.2, -0.15) is 0 Å². The van der Waals surface area contributed by atoms with Crippen LogP contribution in [0, 0.1) is 0 Å². The molecule has 2 aromatic rings. The van der Waals surface area contributed by atoms with Gasteiger partial charge in [0.1, 0.15) is 12.4 Å². The van der Waals surface area contributed by atoms with Gasteiger partial charge in [-0.05, 0) is 24.3 Å². The lowest BCUT2D eigenvalue weighted by Gasteiger charge is -1.99. The molecule has 4 rings (SSSR count). The summed E-state index contributed by atoms with van der Waals surface area (Å²) in [6.07, 6.45) is 2.10. The van der Waals surface area contributed by atoms with Crippen LogP contribution in [0.2, 0.25) is 0 Å². The third-order valence-electron chi connectivity index (χ3n) is 3.13. The van der Waals surface area contributed by atoms with Gasteiger partial charge < -0.3 is 4.74 Å². The van der Waals surface area contributed by atoms with Gasteiger partial charge in [0, 0.05) is 16.3 Å². The molecule has 2 aromatic carbocycles. The first-order valence-corrected chi connectivity index (χ1v) is 5.37. The Balaban J connectivity index is 2.19. The van der Waals surface area contributed by atoms with Crippen molar-refractivity contribution >= 4 is 11.8 Å². The van der Waals surface area contributed by atoms with Crippen molar-refractivity contribution in [2.45, 2.75) is 0 Å². The van der Waals surface area contributed by atoms with Crippen LogP contribution in [0.15, 0.2) is 41.4 Å². The zero-order valence-electron chi connectivity index (χ0n) is 8.60. The normalized spacial score (nSPS) is 14.2. The van der Waals surface area contributed by atoms with Crippen LogP contribution >= 0.6 is 0 Å². The summed E-state index contributed by atoms with van der Waals surface area (Å²) in [5.41, 5.74) is 3.50. The number of fused-ring (bicyclic) bond motifs is 5. The van der Waals surface area contributed by atoms with Gasteiger partial charge in [-0.25, -0.2) is 4.99 Å². The standard InChI is InChI=1S/C14H9NO/c1-2-4-12-9(3-1)10-5-6-13-11(7-8-16-13)14(10)15-12/h1-7H,8H2. The molecular weight excluding hydrogens is 198 g/mol. The molecule has 16 heavy (non-hydrogen) atoms. The van der Waals surface area contributed by atoms with Gasteiger partial charge in [0.15, 0.2) is 0 Å². The van der Waals surface area contributed by atoms with Gasteiger partial charge in [-0.15, -0.1) is 0 Å². The number of nitrogens with zero attached hydrogens (tertiary/aromatic N) is 1. The quantitative estimate of drug-likeness (QED) is 0.550. The Bertz CT molecular complexity index is 716. The summed E-state index contributed by atoms with van der Waals surface area (Å²) in [4.78, 5) is 4.68. The lowest BCUT2D eigenvalue weighted by Crippen LogP contribution is -2.23. The van der Waals surface area contributed by atoms with Crippen molar-refractivity contribution in [2.24, 2.45) is 4.99 Å². The summed E-state index contributed by atoms with van der Waals surface area (Å²) in [6.45, 7) is 0.664. The molecular formula is C14H9NO. The van der Waals surface area contributed by atoms with E-state index in [9.17, 15) is 0 Å². The molecule has 0 unspecified atom stereocenters. The molecule has 0 spiro atoms. The average molecular weight is 207 g/mol. The molecule has 2 nitrogen and oxygen atoms in total. The molecule has 0 bridgehead atoms. The monoisotopic (exact) mass is 207 g/mol. The third kappa shape index (κ3) is 0.890. The highest BCUT2D eigenvalue weighted by Crippen LogP contribution is 2.31. The summed E-state index contributed by atoms with van der Waals surface area (Å²) in [6, 6.07) is 12.4. The maximum absolute atomic E-state index is 5.51. The topological polar surface area (TPSA) is 21.6 Å². The summed E-state index contributed by atoms with van der Waals surface area (Å²) in [5.74, 6) is 0.954. The van der Waals surface area contributed by atoms with Crippen molar-refractivity contribution in [2.75, 3.05) is 6.61 Å². The van der Waals surface area contributed by atoms with Gasteiger partial charge in [-0.1, -0.05) is 18.2 Å². The second-order valence-electron chi connectivity index (χ2n) is 4.02. The van der Waals surface area contributed by atoms with Crippen molar-refractivity contribution in [1.29, 1.82) is 0 Å². The molecule has 0 saturated heterocycles. The number of rotatable bonds is 0. The fourth-order valence-corrected chi connectivity index (χ4v) is 2.38. The van der Waals surface area contributed by atoms with E-state index in [2.05, 4.69) is 35.3 Å². The summed E-state index contributed by atoms with van der Waals surface area (Å²) >= 11 is 0. The molecule has 76 valence electrons. The number of ether oxygens (including phenoxy) is 1. The molecule has 0 N–H and O–H groups in total. The summed E-state index contributed by atoms with van der Waals surface area (Å²) in [7, 11) is 0. The van der Waals surface area contributed by atoms with Crippen LogP contribution in [-0.2, 0) is 0 Å². The van der Waals surface area contributed by atoms with Crippen LogP contribution in [0.3, 0.4) is 0 Å². The third-order valence-corrected chi connectivity index (χ3v) is 3.13. The lowest BCUT2D eigenvalue weighted by atomic mass is 10.0. The molecule has 0 aromatic heterocycles. The van der Waals surface area contributed by atoms with Crippen molar-refractivity contribution in [3.8, 4) is 16.9 Å². The molecule has 0 atom stereocenters. The van der Waals surface area contributed by atoms with E-state index in [-0.39, 0.29) is 0 Å². The number of benzene rings is 2. The Labute approximate surface area is 92.5 Å². The first kappa shape index (κ1) is 8.11. The maximum Gasteiger partial charge on any atom is 0.129 e. The molecule has 0 fully saturated rings. The SMILES string of the molecule is C1=c2c(ccc3c2=Nc2ccccc2-3)OC1. The fraction of sp³-hybridized carbons (Fsp3) is 0.0714. The van der Waals surface area contributed by atoms with E-state index in [4.69, 9.17) is 4.74 Å². The Kier molecular flexibility index (Phi) is 1.38. The molecule has 0 aliphatic carbocycles. The van der Waals surface area contributed by atoms with Gasteiger partial charge >= 0.3 is 0 Å². The Morgan fingerprint density at radius 1 is 1.00 bits per heavy atom. The molecule has 2 aliphatic rings. The van der Waals surface area contributed by atoms with E-state index >= 15 is 0 Å². The zero-order valence-corrected chi connectivity index (χ0v) is 8.60. The minimum Gasteiger partial charge on any atom is -0.489 e. The molecule has 0 amide bonds. The van der Waals surface area contributed by atoms with E-state index in [0.29, 0.717) is 6.61 Å². The van der Waals surface area contributed by atoms with E-state index < -0.39 is 0 Å². The van der Waals surface area contributed by atoms with Crippen LogP contribution in [-0.4, -0.2) is 6.61 Å². The predicted molar refractivity (Wildman–Crippen MR) is 62.3 cm³/mol. The minimum absolute atomic E-state index is 0.664. The Hall–Kier alpha value is -2.09. The van der Waals surface area contributed by atoms with Crippen LogP contribution in [0.4, 0.5) is 5.69 Å². The number of hydrogen-bond acceptors (Lipinski definition) is 2. The second-order valence-corrected chi connectivity index (χ2v) is 4.02. The van der Waals surface area contributed by atoms with E-state index in [1.54, 1.807) is 0 Å². The van der Waals surface area contributed by atoms with Crippen LogP contribution in [0.1, 0.15) is 0 Å². The minimum atomic E-state index is 0.664. The van der Waals surface area contributed by atoms with E-state index in [1.165, 1.54) is 11.1 Å². The van der Waals surface area contributed by atoms with Crippen molar-refractivity contribution in [1.82, 2.24) is 0 Å². The largest absolute Gasteiger partial charge is 0.489 e. The van der Waals surface area contributed by atoms with Crippen molar-refractivity contribution < 1.29 is 4.74 Å². The van der Waals surface area contributed by atoms with Crippen LogP contribution in [0.5, 0.6) is 5.75 Å². The maximum atomic E-state index is 5.51. The predicted octanol–water partition coefficient (Wildman–Crippen LogP) is 1.79. The lowest BCUT2D eigenvalue weighted by molar-refractivity contribution is 0.385. The molecule has 2 heterocycles. The second kappa shape index (κ2) is 2.73. The molecule has 2 heteroatoms. The van der Waals surface area contributed by atoms with Gasteiger partial charge in [-0.3, -0.25) is 0 Å². The highest BCUT2D eigenvalue weighted by molar-refractivity contribution is 5.79. The van der Waals surface area contributed by atoms with Crippen molar-refractivity contribution in [3.05, 3.63) is 47.0 Å². The number of para-hydroxylation sites is 1. The molecule has 0 saturated carbocycles. The fourth-order valence-electron chi connectivity index (χ4n) is 2.38. The highest BCUT2D eigenvalue weighted by atomic mass is 16.5. The highest BCUT2D eigenvalue weighted by Gasteiger charge is 2.16. The molecule has 2 aliphatic heterocycles. The summed E-state index contributed by atoms with van der Waals surface area (Å²) in [5, 5.41) is 2.21. The van der Waals surface area contributed by atoms with Gasteiger partial charge in [0.05, 0.1) is 11.0 Å². The zero-order chi connectivity index (χ0) is 10.5. The van der Waals surface area contributed by atoms with E-state index in [0.717, 1.165) is 22.0 Å². The van der Waals surface area contributed by atoms with Gasteiger partial charge in [0.2, 0.25) is 0 Å².